The monoisotopic (exact) mass is 468 g/mol. The topological polar surface area (TPSA) is 112 Å². The molecule has 1 aromatic carbocycles. The van der Waals surface area contributed by atoms with Crippen LogP contribution in [-0.2, 0) is 20.2 Å². The first-order chi connectivity index (χ1) is 15.9. The number of rotatable bonds is 8. The molecule has 0 saturated carbocycles. The predicted molar refractivity (Wildman–Crippen MR) is 120 cm³/mol. The number of hydrogen-bond donors (Lipinski definition) is 2. The zero-order valence-electron chi connectivity index (χ0n) is 17.9. The number of ether oxygens (including phenoxy) is 1. The Balaban J connectivity index is 1.40. The minimum Gasteiger partial charge on any atom is -0.484 e. The van der Waals surface area contributed by atoms with Crippen molar-refractivity contribution in [2.24, 2.45) is 7.05 Å². The SMILES string of the molecule is Cc1cccc(Cl)c1OCc1ccc(C(=O)Nc2cnn(C)c2C(=O)NCc2ccco2)o1. The zero-order chi connectivity index (χ0) is 23.4. The van der Waals surface area contributed by atoms with Crippen LogP contribution in [0.2, 0.25) is 5.02 Å². The second-order valence-electron chi connectivity index (χ2n) is 7.19. The van der Waals surface area contributed by atoms with E-state index in [9.17, 15) is 9.59 Å². The highest BCUT2D eigenvalue weighted by atomic mass is 35.5. The van der Waals surface area contributed by atoms with E-state index in [1.54, 1.807) is 31.3 Å². The minimum absolute atomic E-state index is 0.0651. The van der Waals surface area contributed by atoms with Crippen molar-refractivity contribution >= 4 is 29.1 Å². The van der Waals surface area contributed by atoms with E-state index in [0.717, 1.165) is 5.56 Å². The molecule has 0 saturated heterocycles. The van der Waals surface area contributed by atoms with Gasteiger partial charge in [-0.05, 0) is 42.8 Å². The summed E-state index contributed by atoms with van der Waals surface area (Å²) in [6.07, 6.45) is 2.92. The number of hydrogen-bond acceptors (Lipinski definition) is 6. The number of furan rings is 2. The Hall–Kier alpha value is -3.98. The molecule has 0 aliphatic rings. The lowest BCUT2D eigenvalue weighted by Gasteiger charge is -2.09. The number of aromatic nitrogens is 2. The minimum atomic E-state index is -0.525. The van der Waals surface area contributed by atoms with Crippen LogP contribution in [0.3, 0.4) is 0 Å². The van der Waals surface area contributed by atoms with Gasteiger partial charge in [-0.1, -0.05) is 23.7 Å². The van der Waals surface area contributed by atoms with E-state index in [4.69, 9.17) is 25.2 Å². The van der Waals surface area contributed by atoms with Gasteiger partial charge in [-0.2, -0.15) is 5.10 Å². The number of para-hydroxylation sites is 1. The Morgan fingerprint density at radius 2 is 1.97 bits per heavy atom. The maximum absolute atomic E-state index is 12.7. The summed E-state index contributed by atoms with van der Waals surface area (Å²) in [5, 5.41) is 9.96. The van der Waals surface area contributed by atoms with E-state index < -0.39 is 11.8 Å². The maximum atomic E-state index is 12.7. The van der Waals surface area contributed by atoms with Gasteiger partial charge in [-0.3, -0.25) is 14.3 Å². The molecule has 0 spiro atoms. The first-order valence-corrected chi connectivity index (χ1v) is 10.4. The molecule has 0 radical (unpaired) electrons. The first kappa shape index (κ1) is 22.2. The van der Waals surface area contributed by atoms with Crippen LogP contribution < -0.4 is 15.4 Å². The van der Waals surface area contributed by atoms with Crippen LogP contribution in [0.5, 0.6) is 5.75 Å². The number of nitrogens with zero attached hydrogens (tertiary/aromatic N) is 2. The fourth-order valence-electron chi connectivity index (χ4n) is 3.17. The Bertz CT molecular complexity index is 1260. The lowest BCUT2D eigenvalue weighted by molar-refractivity contribution is 0.0939. The molecular formula is C23H21ClN4O5. The average Bonchev–Trinajstić information content (AvgIpc) is 3.53. The summed E-state index contributed by atoms with van der Waals surface area (Å²) in [5.74, 6) is 0.738. The number of aryl methyl sites for hydroxylation is 2. The second kappa shape index (κ2) is 9.66. The van der Waals surface area contributed by atoms with E-state index in [1.165, 1.54) is 23.2 Å². The summed E-state index contributed by atoms with van der Waals surface area (Å²) in [6.45, 7) is 2.19. The van der Waals surface area contributed by atoms with Crippen LogP contribution in [0, 0.1) is 6.92 Å². The fraction of sp³-hybridized carbons (Fsp3) is 0.174. The van der Waals surface area contributed by atoms with Crippen molar-refractivity contribution in [3.8, 4) is 5.75 Å². The average molecular weight is 469 g/mol. The molecule has 4 aromatic rings. The van der Waals surface area contributed by atoms with E-state index in [1.807, 2.05) is 19.1 Å². The van der Waals surface area contributed by atoms with Gasteiger partial charge < -0.3 is 24.2 Å². The summed E-state index contributed by atoms with van der Waals surface area (Å²) in [5.41, 5.74) is 1.33. The molecule has 0 atom stereocenters. The third-order valence-corrected chi connectivity index (χ3v) is 5.11. The van der Waals surface area contributed by atoms with Crippen LogP contribution in [0.15, 0.2) is 63.8 Å². The van der Waals surface area contributed by atoms with E-state index in [2.05, 4.69) is 15.7 Å². The van der Waals surface area contributed by atoms with Gasteiger partial charge in [0.25, 0.3) is 11.8 Å². The molecule has 4 rings (SSSR count). The van der Waals surface area contributed by atoms with Crippen molar-refractivity contribution in [2.75, 3.05) is 5.32 Å². The molecule has 2 amide bonds. The highest BCUT2D eigenvalue weighted by Gasteiger charge is 2.21. The molecule has 0 fully saturated rings. The number of anilines is 1. The number of amides is 2. The normalized spacial score (nSPS) is 10.8. The lowest BCUT2D eigenvalue weighted by atomic mass is 10.2. The van der Waals surface area contributed by atoms with Gasteiger partial charge in [-0.25, -0.2) is 0 Å². The molecule has 170 valence electrons. The largest absolute Gasteiger partial charge is 0.484 e. The fourth-order valence-corrected chi connectivity index (χ4v) is 3.44. The molecule has 0 aliphatic heterocycles. The highest BCUT2D eigenvalue weighted by Crippen LogP contribution is 2.29. The molecule has 0 unspecified atom stereocenters. The van der Waals surface area contributed by atoms with Gasteiger partial charge in [-0.15, -0.1) is 0 Å². The molecule has 9 nitrogen and oxygen atoms in total. The van der Waals surface area contributed by atoms with Gasteiger partial charge >= 0.3 is 0 Å². The molecule has 10 heteroatoms. The van der Waals surface area contributed by atoms with Gasteiger partial charge in [0, 0.05) is 7.05 Å². The molecule has 2 N–H and O–H groups in total. The van der Waals surface area contributed by atoms with Gasteiger partial charge in [0.05, 0.1) is 29.7 Å². The van der Waals surface area contributed by atoms with Crippen molar-refractivity contribution in [2.45, 2.75) is 20.1 Å². The van der Waals surface area contributed by atoms with Crippen molar-refractivity contribution in [3.63, 3.8) is 0 Å². The first-order valence-electron chi connectivity index (χ1n) is 10.0. The number of carbonyl (C=O) groups is 2. The summed E-state index contributed by atoms with van der Waals surface area (Å²) in [7, 11) is 1.61. The number of carbonyl (C=O) groups excluding carboxylic acids is 2. The third kappa shape index (κ3) is 5.09. The molecule has 0 aliphatic carbocycles. The Morgan fingerprint density at radius 1 is 1.12 bits per heavy atom. The maximum Gasteiger partial charge on any atom is 0.291 e. The van der Waals surface area contributed by atoms with Crippen LogP contribution in [0.4, 0.5) is 5.69 Å². The second-order valence-corrected chi connectivity index (χ2v) is 7.59. The number of benzene rings is 1. The van der Waals surface area contributed by atoms with Crippen molar-refractivity contribution < 1.29 is 23.2 Å². The summed E-state index contributed by atoms with van der Waals surface area (Å²) in [4.78, 5) is 25.3. The summed E-state index contributed by atoms with van der Waals surface area (Å²) in [6, 6.07) is 12.1. The van der Waals surface area contributed by atoms with Gasteiger partial charge in [0.1, 0.15) is 29.6 Å². The lowest BCUT2D eigenvalue weighted by Crippen LogP contribution is -2.26. The molecule has 0 bridgehead atoms. The van der Waals surface area contributed by atoms with E-state index in [0.29, 0.717) is 22.3 Å². The number of nitrogens with one attached hydrogen (secondary N) is 2. The van der Waals surface area contributed by atoms with Crippen LogP contribution in [-0.4, -0.2) is 21.6 Å². The highest BCUT2D eigenvalue weighted by molar-refractivity contribution is 6.32. The van der Waals surface area contributed by atoms with Gasteiger partial charge in [0.2, 0.25) is 0 Å². The van der Waals surface area contributed by atoms with Crippen molar-refractivity contribution in [3.05, 3.63) is 88.5 Å². The summed E-state index contributed by atoms with van der Waals surface area (Å²) >= 11 is 6.17. The van der Waals surface area contributed by atoms with Gasteiger partial charge in [0.15, 0.2) is 5.76 Å². The quantitative estimate of drug-likeness (QED) is 0.398. The van der Waals surface area contributed by atoms with Crippen LogP contribution >= 0.6 is 11.6 Å². The van der Waals surface area contributed by atoms with Crippen molar-refractivity contribution in [1.82, 2.24) is 15.1 Å². The van der Waals surface area contributed by atoms with Crippen molar-refractivity contribution in [1.29, 1.82) is 0 Å². The summed E-state index contributed by atoms with van der Waals surface area (Å²) < 4.78 is 17.9. The predicted octanol–water partition coefficient (Wildman–Crippen LogP) is 4.33. The Labute approximate surface area is 194 Å². The Morgan fingerprint density at radius 3 is 2.73 bits per heavy atom. The van der Waals surface area contributed by atoms with Crippen LogP contribution in [0.1, 0.15) is 38.1 Å². The van der Waals surface area contributed by atoms with Crippen LogP contribution in [0.25, 0.3) is 0 Å². The standard InChI is InChI=1S/C23H21ClN4O5/c1-14-5-3-7-17(24)21(14)32-13-16-8-9-19(33-16)22(29)27-18-12-26-28(2)20(18)23(30)25-11-15-6-4-10-31-15/h3-10,12H,11,13H2,1-2H3,(H,25,30)(H,27,29). The third-order valence-electron chi connectivity index (χ3n) is 4.81. The molecule has 3 heterocycles. The number of halogens is 1. The van der Waals surface area contributed by atoms with E-state index >= 15 is 0 Å². The molecule has 3 aromatic heterocycles. The zero-order valence-corrected chi connectivity index (χ0v) is 18.7. The molecule has 33 heavy (non-hydrogen) atoms. The Kier molecular flexibility index (Phi) is 6.50. The smallest absolute Gasteiger partial charge is 0.291 e. The molecular weight excluding hydrogens is 448 g/mol. The van der Waals surface area contributed by atoms with E-state index in [-0.39, 0.29) is 30.3 Å².